The maximum absolute atomic E-state index is 12.2. The maximum atomic E-state index is 12.2. The molecule has 3 rings (SSSR count). The molecule has 2 amide bonds. The van der Waals surface area contributed by atoms with Gasteiger partial charge in [-0.3, -0.25) is 14.2 Å². The molecular formula is C12H13N2O5P. The van der Waals surface area contributed by atoms with E-state index in [0.29, 0.717) is 11.1 Å². The van der Waals surface area contributed by atoms with Crippen LogP contribution in [0.15, 0.2) is 24.3 Å². The number of carbonyl (C=O) groups is 2. The zero-order valence-corrected chi connectivity index (χ0v) is 11.9. The third-order valence-corrected chi connectivity index (χ3v) is 5.64. The van der Waals surface area contributed by atoms with Gasteiger partial charge in [0, 0.05) is 20.8 Å². The van der Waals surface area contributed by atoms with Gasteiger partial charge in [0.25, 0.3) is 11.8 Å². The van der Waals surface area contributed by atoms with E-state index in [2.05, 4.69) is 0 Å². The van der Waals surface area contributed by atoms with Gasteiger partial charge in [-0.1, -0.05) is 12.1 Å². The van der Waals surface area contributed by atoms with Gasteiger partial charge in [-0.05, 0) is 12.1 Å². The SMILES string of the molecule is COP(=O)(OC)C1CN1N1C(=O)c2ccccc2C1=O. The highest BCUT2D eigenvalue weighted by molar-refractivity contribution is 7.54. The fourth-order valence-corrected chi connectivity index (χ4v) is 3.76. The smallest absolute Gasteiger partial charge is 0.311 e. The highest BCUT2D eigenvalue weighted by Gasteiger charge is 2.57. The first-order valence-electron chi connectivity index (χ1n) is 5.99. The highest BCUT2D eigenvalue weighted by atomic mass is 31.2. The molecule has 0 spiro atoms. The molecule has 2 aliphatic rings. The molecule has 0 aromatic heterocycles. The van der Waals surface area contributed by atoms with E-state index in [1.807, 2.05) is 0 Å². The minimum atomic E-state index is -3.32. The Morgan fingerprint density at radius 3 is 2.05 bits per heavy atom. The van der Waals surface area contributed by atoms with Crippen LogP contribution in [0.5, 0.6) is 0 Å². The number of rotatable bonds is 4. The quantitative estimate of drug-likeness (QED) is 0.474. The van der Waals surface area contributed by atoms with Gasteiger partial charge in [-0.15, -0.1) is 0 Å². The van der Waals surface area contributed by atoms with E-state index >= 15 is 0 Å². The number of amides is 2. The average Bonchev–Trinajstić information content (AvgIpc) is 3.22. The number of hydrogen-bond acceptors (Lipinski definition) is 6. The van der Waals surface area contributed by atoms with Crippen LogP contribution in [-0.2, 0) is 13.6 Å². The van der Waals surface area contributed by atoms with Crippen LogP contribution in [0, 0.1) is 0 Å². The Labute approximate surface area is 115 Å². The Kier molecular flexibility index (Phi) is 3.02. The van der Waals surface area contributed by atoms with Crippen molar-refractivity contribution >= 4 is 19.4 Å². The van der Waals surface area contributed by atoms with Gasteiger partial charge >= 0.3 is 7.60 Å². The van der Waals surface area contributed by atoms with E-state index in [9.17, 15) is 14.2 Å². The summed E-state index contributed by atoms with van der Waals surface area (Å²) in [7, 11) is -0.757. The Hall–Kier alpha value is -1.53. The minimum absolute atomic E-state index is 0.282. The standard InChI is InChI=1S/C12H13N2O5P/c1-18-20(17,19-2)10-7-13(10)14-11(15)8-5-3-4-6-9(8)12(14)16/h3-6,10H,7H2,1-2H3. The van der Waals surface area contributed by atoms with Crippen molar-refractivity contribution in [3.63, 3.8) is 0 Å². The van der Waals surface area contributed by atoms with Crippen molar-refractivity contribution in [3.05, 3.63) is 35.4 Å². The minimum Gasteiger partial charge on any atom is -0.311 e. The molecule has 0 aliphatic carbocycles. The molecule has 0 saturated carbocycles. The van der Waals surface area contributed by atoms with Crippen LogP contribution in [0.3, 0.4) is 0 Å². The number of imide groups is 1. The van der Waals surface area contributed by atoms with E-state index in [4.69, 9.17) is 9.05 Å². The topological polar surface area (TPSA) is 75.9 Å². The van der Waals surface area contributed by atoms with E-state index in [-0.39, 0.29) is 6.54 Å². The lowest BCUT2D eigenvalue weighted by Gasteiger charge is -2.18. The van der Waals surface area contributed by atoms with Crippen molar-refractivity contribution in [1.29, 1.82) is 0 Å². The lowest BCUT2D eigenvalue weighted by Crippen LogP contribution is -2.36. The second kappa shape index (κ2) is 4.49. The number of nitrogens with zero attached hydrogens (tertiary/aromatic N) is 2. The second-order valence-corrected chi connectivity index (χ2v) is 6.88. The van der Waals surface area contributed by atoms with Gasteiger partial charge in [0.1, 0.15) is 5.78 Å². The van der Waals surface area contributed by atoms with Crippen LogP contribution in [0.4, 0.5) is 0 Å². The molecule has 0 bridgehead atoms. The third kappa shape index (κ3) is 1.75. The summed E-state index contributed by atoms with van der Waals surface area (Å²) in [5.41, 5.74) is 0.709. The zero-order chi connectivity index (χ0) is 14.5. The summed E-state index contributed by atoms with van der Waals surface area (Å²) in [6.45, 7) is 0.282. The summed E-state index contributed by atoms with van der Waals surface area (Å²) in [6.07, 6.45) is 0. The van der Waals surface area contributed by atoms with Crippen LogP contribution in [0.2, 0.25) is 0 Å². The van der Waals surface area contributed by atoms with Crippen molar-refractivity contribution in [2.24, 2.45) is 0 Å². The molecule has 0 N–H and O–H groups in total. The fourth-order valence-electron chi connectivity index (χ4n) is 2.33. The number of hydrogen-bond donors (Lipinski definition) is 0. The molecule has 2 atom stereocenters. The summed E-state index contributed by atoms with van der Waals surface area (Å²) < 4.78 is 22.0. The molecule has 106 valence electrons. The lowest BCUT2D eigenvalue weighted by atomic mass is 10.1. The van der Waals surface area contributed by atoms with Gasteiger partial charge in [0.15, 0.2) is 0 Å². The van der Waals surface area contributed by atoms with Crippen LogP contribution in [0.1, 0.15) is 20.7 Å². The summed E-state index contributed by atoms with van der Waals surface area (Å²) in [5.74, 6) is -1.42. The predicted molar refractivity (Wildman–Crippen MR) is 69.1 cm³/mol. The van der Waals surface area contributed by atoms with Crippen LogP contribution < -0.4 is 0 Å². The molecule has 2 heterocycles. The van der Waals surface area contributed by atoms with E-state index < -0.39 is 25.2 Å². The monoisotopic (exact) mass is 296 g/mol. The lowest BCUT2D eigenvalue weighted by molar-refractivity contribution is 0.0384. The molecule has 1 fully saturated rings. The summed E-state index contributed by atoms with van der Waals surface area (Å²) >= 11 is 0. The molecule has 1 aromatic carbocycles. The predicted octanol–water partition coefficient (Wildman–Crippen LogP) is 1.33. The van der Waals surface area contributed by atoms with Gasteiger partial charge in [-0.25, -0.2) is 5.01 Å². The van der Waals surface area contributed by atoms with E-state index in [1.165, 1.54) is 19.2 Å². The van der Waals surface area contributed by atoms with Gasteiger partial charge in [-0.2, -0.15) is 5.01 Å². The van der Waals surface area contributed by atoms with Gasteiger partial charge in [0.2, 0.25) is 0 Å². The van der Waals surface area contributed by atoms with Crippen LogP contribution >= 0.6 is 7.60 Å². The number of fused-ring (bicyclic) bond motifs is 1. The van der Waals surface area contributed by atoms with Crippen molar-refractivity contribution < 1.29 is 23.2 Å². The zero-order valence-electron chi connectivity index (χ0n) is 11.0. The second-order valence-electron chi connectivity index (χ2n) is 4.48. The van der Waals surface area contributed by atoms with Crippen molar-refractivity contribution in [3.8, 4) is 0 Å². The van der Waals surface area contributed by atoms with Crippen LogP contribution in [0.25, 0.3) is 0 Å². The molecule has 1 aromatic rings. The number of benzene rings is 1. The summed E-state index contributed by atoms with van der Waals surface area (Å²) in [4.78, 5) is 24.5. The molecular weight excluding hydrogens is 283 g/mol. The van der Waals surface area contributed by atoms with Crippen molar-refractivity contribution in [1.82, 2.24) is 10.0 Å². The summed E-state index contributed by atoms with van der Waals surface area (Å²) in [5, 5.41) is 2.43. The van der Waals surface area contributed by atoms with Crippen LogP contribution in [-0.4, -0.2) is 48.4 Å². The molecule has 1 saturated heterocycles. The van der Waals surface area contributed by atoms with E-state index in [1.54, 1.807) is 24.3 Å². The fraction of sp³-hybridized carbons (Fsp3) is 0.333. The van der Waals surface area contributed by atoms with Crippen molar-refractivity contribution in [2.75, 3.05) is 20.8 Å². The Balaban J connectivity index is 1.88. The molecule has 8 heteroatoms. The summed E-state index contributed by atoms with van der Waals surface area (Å²) in [6, 6.07) is 6.59. The molecule has 2 aliphatic heterocycles. The third-order valence-electron chi connectivity index (χ3n) is 3.46. The van der Waals surface area contributed by atoms with Crippen molar-refractivity contribution in [2.45, 2.75) is 5.78 Å². The maximum Gasteiger partial charge on any atom is 0.350 e. The highest BCUT2D eigenvalue weighted by Crippen LogP contribution is 2.59. The Bertz CT molecular complexity index is 603. The first kappa shape index (κ1) is 13.5. The van der Waals surface area contributed by atoms with Gasteiger partial charge in [0.05, 0.1) is 11.1 Å². The first-order chi connectivity index (χ1) is 9.53. The Morgan fingerprint density at radius 2 is 1.60 bits per heavy atom. The molecule has 7 nitrogen and oxygen atoms in total. The number of hydrazine groups is 1. The van der Waals surface area contributed by atoms with Gasteiger partial charge < -0.3 is 9.05 Å². The number of carbonyl (C=O) groups excluding carboxylic acids is 2. The Morgan fingerprint density at radius 1 is 1.10 bits per heavy atom. The largest absolute Gasteiger partial charge is 0.350 e. The first-order valence-corrected chi connectivity index (χ1v) is 7.60. The molecule has 2 unspecified atom stereocenters. The molecule has 20 heavy (non-hydrogen) atoms. The van der Waals surface area contributed by atoms with E-state index in [0.717, 1.165) is 5.01 Å². The molecule has 0 radical (unpaired) electrons. The normalized spacial score (nSPS) is 25.0. The average molecular weight is 296 g/mol.